The normalized spacial score (nSPS) is 14.5. The first-order valence-corrected chi connectivity index (χ1v) is 5.58. The van der Waals surface area contributed by atoms with Crippen LogP contribution in [-0.4, -0.2) is 25.3 Å². The van der Waals surface area contributed by atoms with E-state index >= 15 is 0 Å². The summed E-state index contributed by atoms with van der Waals surface area (Å²) in [5, 5.41) is 2.76. The Morgan fingerprint density at radius 3 is 3.00 bits per heavy atom. The van der Waals surface area contributed by atoms with Crippen molar-refractivity contribution in [3.05, 3.63) is 23.8 Å². The lowest BCUT2D eigenvalue weighted by atomic mass is 10.1. The molecule has 1 atom stereocenters. The Morgan fingerprint density at radius 1 is 1.47 bits per heavy atom. The number of carbonyl (C=O) groups is 1. The van der Waals surface area contributed by atoms with Crippen LogP contribution in [0.1, 0.15) is 12.5 Å². The first-order valence-electron chi connectivity index (χ1n) is 5.58. The molecule has 92 valence electrons. The Balaban J connectivity index is 1.85. The van der Waals surface area contributed by atoms with Crippen molar-refractivity contribution in [3.8, 4) is 11.5 Å². The van der Waals surface area contributed by atoms with Gasteiger partial charge >= 0.3 is 0 Å². The van der Waals surface area contributed by atoms with E-state index in [1.807, 2.05) is 18.2 Å². The summed E-state index contributed by atoms with van der Waals surface area (Å²) < 4.78 is 10.5. The van der Waals surface area contributed by atoms with Gasteiger partial charge in [-0.2, -0.15) is 0 Å². The minimum Gasteiger partial charge on any atom is -0.454 e. The first kappa shape index (κ1) is 11.7. The minimum absolute atomic E-state index is 0.134. The zero-order valence-corrected chi connectivity index (χ0v) is 9.73. The molecule has 1 aliphatic rings. The molecule has 1 aromatic rings. The molecule has 2 rings (SSSR count). The summed E-state index contributed by atoms with van der Waals surface area (Å²) in [6.07, 6.45) is 0.745. The Hall–Kier alpha value is -1.75. The molecule has 0 aromatic heterocycles. The number of nitrogens with one attached hydrogen (secondary N) is 1. The topological polar surface area (TPSA) is 73.6 Å². The second kappa shape index (κ2) is 5.05. The van der Waals surface area contributed by atoms with E-state index in [4.69, 9.17) is 15.2 Å². The second-order valence-corrected chi connectivity index (χ2v) is 4.02. The lowest BCUT2D eigenvalue weighted by molar-refractivity contribution is -0.121. The molecule has 1 amide bonds. The van der Waals surface area contributed by atoms with Crippen molar-refractivity contribution in [1.82, 2.24) is 5.32 Å². The van der Waals surface area contributed by atoms with Gasteiger partial charge in [-0.25, -0.2) is 0 Å². The fourth-order valence-corrected chi connectivity index (χ4v) is 1.59. The first-order chi connectivity index (χ1) is 8.16. The average molecular weight is 236 g/mol. The molecule has 0 bridgehead atoms. The van der Waals surface area contributed by atoms with Crippen LogP contribution in [0.25, 0.3) is 0 Å². The highest BCUT2D eigenvalue weighted by molar-refractivity contribution is 5.80. The number of hydrogen-bond acceptors (Lipinski definition) is 4. The van der Waals surface area contributed by atoms with Crippen LogP contribution < -0.4 is 20.5 Å². The number of hydrogen-bond donors (Lipinski definition) is 2. The van der Waals surface area contributed by atoms with Gasteiger partial charge in [0.1, 0.15) is 0 Å². The standard InChI is InChI=1S/C12H16N2O3/c1-8(13)12(15)14-5-4-9-2-3-10-11(6-9)17-7-16-10/h2-3,6,8H,4-5,7,13H2,1H3,(H,14,15). The molecule has 1 heterocycles. The van der Waals surface area contributed by atoms with Crippen LogP contribution in [0.5, 0.6) is 11.5 Å². The summed E-state index contributed by atoms with van der Waals surface area (Å²) in [6.45, 7) is 2.51. The van der Waals surface area contributed by atoms with E-state index < -0.39 is 6.04 Å². The van der Waals surface area contributed by atoms with Crippen LogP contribution in [0.4, 0.5) is 0 Å². The third-order valence-electron chi connectivity index (χ3n) is 2.56. The maximum Gasteiger partial charge on any atom is 0.236 e. The van der Waals surface area contributed by atoms with Crippen molar-refractivity contribution < 1.29 is 14.3 Å². The second-order valence-electron chi connectivity index (χ2n) is 4.02. The summed E-state index contributed by atoms with van der Waals surface area (Å²) in [5.41, 5.74) is 6.54. The molecule has 1 aliphatic heterocycles. The zero-order valence-electron chi connectivity index (χ0n) is 9.73. The highest BCUT2D eigenvalue weighted by atomic mass is 16.7. The van der Waals surface area contributed by atoms with Gasteiger partial charge in [-0.15, -0.1) is 0 Å². The Kier molecular flexibility index (Phi) is 3.49. The van der Waals surface area contributed by atoms with E-state index in [9.17, 15) is 4.79 Å². The Bertz CT molecular complexity index is 418. The van der Waals surface area contributed by atoms with Crippen molar-refractivity contribution in [2.45, 2.75) is 19.4 Å². The van der Waals surface area contributed by atoms with E-state index in [0.717, 1.165) is 23.5 Å². The summed E-state index contributed by atoms with van der Waals surface area (Å²) in [5.74, 6) is 1.40. The molecule has 3 N–H and O–H groups in total. The largest absolute Gasteiger partial charge is 0.454 e. The van der Waals surface area contributed by atoms with Gasteiger partial charge in [-0.05, 0) is 31.0 Å². The third-order valence-corrected chi connectivity index (χ3v) is 2.56. The molecule has 17 heavy (non-hydrogen) atoms. The molecular weight excluding hydrogens is 220 g/mol. The lowest BCUT2D eigenvalue weighted by Gasteiger charge is -2.07. The molecule has 0 aliphatic carbocycles. The maximum atomic E-state index is 11.2. The maximum absolute atomic E-state index is 11.2. The molecule has 1 aromatic carbocycles. The number of benzene rings is 1. The van der Waals surface area contributed by atoms with Crippen molar-refractivity contribution in [1.29, 1.82) is 0 Å². The van der Waals surface area contributed by atoms with E-state index in [1.165, 1.54) is 0 Å². The van der Waals surface area contributed by atoms with Crippen LogP contribution >= 0.6 is 0 Å². The van der Waals surface area contributed by atoms with Crippen LogP contribution in [0, 0.1) is 0 Å². The summed E-state index contributed by atoms with van der Waals surface area (Å²) >= 11 is 0. The monoisotopic (exact) mass is 236 g/mol. The molecule has 5 nitrogen and oxygen atoms in total. The number of amides is 1. The van der Waals surface area contributed by atoms with E-state index in [0.29, 0.717) is 6.54 Å². The van der Waals surface area contributed by atoms with Gasteiger partial charge < -0.3 is 20.5 Å². The van der Waals surface area contributed by atoms with Gasteiger partial charge in [0.15, 0.2) is 11.5 Å². The highest BCUT2D eigenvalue weighted by Gasteiger charge is 2.13. The number of rotatable bonds is 4. The summed E-state index contributed by atoms with van der Waals surface area (Å²) in [4.78, 5) is 11.2. The molecule has 0 saturated heterocycles. The van der Waals surface area contributed by atoms with Crippen LogP contribution in [0.2, 0.25) is 0 Å². The Labute approximate surface area is 99.9 Å². The Morgan fingerprint density at radius 2 is 2.24 bits per heavy atom. The van der Waals surface area contributed by atoms with Crippen molar-refractivity contribution >= 4 is 5.91 Å². The van der Waals surface area contributed by atoms with Crippen LogP contribution in [0.3, 0.4) is 0 Å². The van der Waals surface area contributed by atoms with Crippen molar-refractivity contribution in [2.24, 2.45) is 5.73 Å². The molecule has 0 spiro atoms. The summed E-state index contributed by atoms with van der Waals surface area (Å²) in [6, 6.07) is 5.31. The fraction of sp³-hybridized carbons (Fsp3) is 0.417. The lowest BCUT2D eigenvalue weighted by Crippen LogP contribution is -2.39. The molecule has 0 radical (unpaired) electrons. The van der Waals surface area contributed by atoms with Crippen LogP contribution in [0.15, 0.2) is 18.2 Å². The van der Waals surface area contributed by atoms with E-state index in [2.05, 4.69) is 5.32 Å². The number of ether oxygens (including phenoxy) is 2. The average Bonchev–Trinajstić information content (AvgIpc) is 2.75. The van der Waals surface area contributed by atoms with Crippen molar-refractivity contribution in [3.63, 3.8) is 0 Å². The number of fused-ring (bicyclic) bond motifs is 1. The molecule has 1 unspecified atom stereocenters. The quantitative estimate of drug-likeness (QED) is 0.794. The van der Waals surface area contributed by atoms with Gasteiger partial charge in [-0.1, -0.05) is 6.07 Å². The third kappa shape index (κ3) is 2.88. The SMILES string of the molecule is CC(N)C(=O)NCCc1ccc2c(c1)OCO2. The smallest absolute Gasteiger partial charge is 0.236 e. The van der Waals surface area contributed by atoms with Gasteiger partial charge in [0.25, 0.3) is 0 Å². The van der Waals surface area contributed by atoms with Gasteiger partial charge in [0, 0.05) is 6.54 Å². The predicted molar refractivity (Wildman–Crippen MR) is 62.9 cm³/mol. The number of nitrogens with two attached hydrogens (primary N) is 1. The van der Waals surface area contributed by atoms with E-state index in [1.54, 1.807) is 6.92 Å². The summed E-state index contributed by atoms with van der Waals surface area (Å²) in [7, 11) is 0. The van der Waals surface area contributed by atoms with Crippen LogP contribution in [-0.2, 0) is 11.2 Å². The fourth-order valence-electron chi connectivity index (χ4n) is 1.59. The number of carbonyl (C=O) groups excluding carboxylic acids is 1. The minimum atomic E-state index is -0.466. The molecule has 0 saturated carbocycles. The molecular formula is C12H16N2O3. The van der Waals surface area contributed by atoms with Gasteiger partial charge in [0.05, 0.1) is 6.04 Å². The predicted octanol–water partition coefficient (Wildman–Crippen LogP) is 0.421. The highest BCUT2D eigenvalue weighted by Crippen LogP contribution is 2.32. The molecule has 5 heteroatoms. The molecule has 0 fully saturated rings. The zero-order chi connectivity index (χ0) is 12.3. The van der Waals surface area contributed by atoms with E-state index in [-0.39, 0.29) is 12.7 Å². The van der Waals surface area contributed by atoms with Crippen molar-refractivity contribution in [2.75, 3.05) is 13.3 Å². The van der Waals surface area contributed by atoms with Gasteiger partial charge in [0.2, 0.25) is 12.7 Å². The van der Waals surface area contributed by atoms with Gasteiger partial charge in [-0.3, -0.25) is 4.79 Å².